The molecule has 0 saturated heterocycles. The molecule has 2 heteroatoms. The second kappa shape index (κ2) is 21.5. The molecular formula is C34H58N2. The number of imidazole rings is 1. The third-order valence-corrected chi connectivity index (χ3v) is 7.66. The van der Waals surface area contributed by atoms with Crippen molar-refractivity contribution in [1.82, 2.24) is 9.55 Å². The summed E-state index contributed by atoms with van der Waals surface area (Å²) < 4.78 is 2.48. The summed E-state index contributed by atoms with van der Waals surface area (Å²) in [6.07, 6.45) is 32.2. The largest absolute Gasteiger partial charge is 0.335 e. The fraction of sp³-hybridized carbons (Fsp3) is 0.735. The first-order chi connectivity index (χ1) is 17.8. The molecule has 0 spiro atoms. The molecule has 1 heterocycles. The summed E-state index contributed by atoms with van der Waals surface area (Å²) in [5.41, 5.74) is 2.75. The van der Waals surface area contributed by atoms with E-state index in [9.17, 15) is 0 Å². The highest BCUT2D eigenvalue weighted by atomic mass is 15.1. The van der Waals surface area contributed by atoms with Crippen molar-refractivity contribution in [3.63, 3.8) is 0 Å². The first-order valence-electron chi connectivity index (χ1n) is 15.9. The molecule has 0 unspecified atom stereocenters. The molecular weight excluding hydrogens is 436 g/mol. The maximum absolute atomic E-state index is 5.09. The van der Waals surface area contributed by atoms with Gasteiger partial charge in [0.15, 0.2) is 0 Å². The number of unbranched alkanes of at least 4 members (excludes halogenated alkanes) is 16. The van der Waals surface area contributed by atoms with Crippen LogP contribution in [0.25, 0.3) is 0 Å². The SMILES string of the molecule is CCCCCCCCCCCCCCCCCc1nc(CCCc2ccccc2)cn1CCCCC. The van der Waals surface area contributed by atoms with E-state index in [1.165, 1.54) is 139 Å². The van der Waals surface area contributed by atoms with Crippen LogP contribution in [0.4, 0.5) is 0 Å². The zero-order valence-electron chi connectivity index (χ0n) is 24.1. The standard InChI is InChI=1S/C34H58N2/c1-3-5-7-8-9-10-11-12-13-14-15-16-17-18-22-29-34-35-33(31-36(34)30-23-6-4-2)28-24-27-32-25-20-19-21-26-32/h19-21,25-26,31H,3-18,22-24,27-30H2,1-2H3. The van der Waals surface area contributed by atoms with Crippen molar-refractivity contribution in [1.29, 1.82) is 0 Å². The minimum atomic E-state index is 1.10. The van der Waals surface area contributed by atoms with E-state index in [1.54, 1.807) is 0 Å². The average Bonchev–Trinajstić information content (AvgIpc) is 3.28. The normalized spacial score (nSPS) is 11.4. The molecule has 0 fully saturated rings. The Hall–Kier alpha value is -1.57. The van der Waals surface area contributed by atoms with Crippen LogP contribution < -0.4 is 0 Å². The van der Waals surface area contributed by atoms with E-state index in [0.29, 0.717) is 0 Å². The van der Waals surface area contributed by atoms with Crippen molar-refractivity contribution in [2.24, 2.45) is 0 Å². The number of aromatic nitrogens is 2. The Bertz CT molecular complexity index is 733. The smallest absolute Gasteiger partial charge is 0.108 e. The maximum Gasteiger partial charge on any atom is 0.108 e. The summed E-state index contributed by atoms with van der Waals surface area (Å²) in [5, 5.41) is 0. The number of nitrogens with zero attached hydrogens (tertiary/aromatic N) is 2. The summed E-state index contributed by atoms with van der Waals surface area (Å²) in [4.78, 5) is 5.09. The summed E-state index contributed by atoms with van der Waals surface area (Å²) >= 11 is 0. The highest BCUT2D eigenvalue weighted by Crippen LogP contribution is 2.16. The molecule has 2 rings (SSSR count). The third kappa shape index (κ3) is 14.9. The number of aryl methyl sites for hydroxylation is 4. The fourth-order valence-electron chi connectivity index (χ4n) is 5.33. The lowest BCUT2D eigenvalue weighted by molar-refractivity contribution is 0.527. The zero-order valence-corrected chi connectivity index (χ0v) is 24.1. The lowest BCUT2D eigenvalue weighted by Gasteiger charge is -2.07. The Labute approximate surface area is 224 Å². The second-order valence-electron chi connectivity index (χ2n) is 11.1. The molecule has 0 N–H and O–H groups in total. The van der Waals surface area contributed by atoms with Crippen LogP contribution in [0.15, 0.2) is 36.5 Å². The van der Waals surface area contributed by atoms with Crippen molar-refractivity contribution in [3.05, 3.63) is 53.6 Å². The molecule has 1 aromatic carbocycles. The lowest BCUT2D eigenvalue weighted by atomic mass is 10.0. The van der Waals surface area contributed by atoms with Gasteiger partial charge in [0.05, 0.1) is 5.69 Å². The van der Waals surface area contributed by atoms with Crippen molar-refractivity contribution in [2.45, 2.75) is 162 Å². The predicted octanol–water partition coefficient (Wildman–Crippen LogP) is 10.7. The molecule has 0 aliphatic rings. The van der Waals surface area contributed by atoms with Crippen molar-refractivity contribution in [2.75, 3.05) is 0 Å². The van der Waals surface area contributed by atoms with Gasteiger partial charge in [0.25, 0.3) is 0 Å². The van der Waals surface area contributed by atoms with Crippen LogP contribution in [0.3, 0.4) is 0 Å². The van der Waals surface area contributed by atoms with Crippen molar-refractivity contribution >= 4 is 0 Å². The van der Waals surface area contributed by atoms with E-state index in [0.717, 1.165) is 25.8 Å². The van der Waals surface area contributed by atoms with Gasteiger partial charge in [-0.1, -0.05) is 147 Å². The summed E-state index contributed by atoms with van der Waals surface area (Å²) in [6, 6.07) is 10.9. The van der Waals surface area contributed by atoms with Crippen LogP contribution in [-0.2, 0) is 25.8 Å². The van der Waals surface area contributed by atoms with Gasteiger partial charge in [-0.3, -0.25) is 0 Å². The highest BCUT2D eigenvalue weighted by Gasteiger charge is 2.08. The molecule has 1 aromatic heterocycles. The quantitative estimate of drug-likeness (QED) is 0.133. The van der Waals surface area contributed by atoms with E-state index >= 15 is 0 Å². The van der Waals surface area contributed by atoms with Gasteiger partial charge in [-0.15, -0.1) is 0 Å². The predicted molar refractivity (Wildman–Crippen MR) is 159 cm³/mol. The molecule has 0 amide bonds. The summed E-state index contributed by atoms with van der Waals surface area (Å²) in [6.45, 7) is 5.74. The third-order valence-electron chi connectivity index (χ3n) is 7.66. The Morgan fingerprint density at radius 1 is 0.528 bits per heavy atom. The maximum atomic E-state index is 5.09. The Balaban J connectivity index is 1.55. The van der Waals surface area contributed by atoms with Gasteiger partial charge in [-0.2, -0.15) is 0 Å². The fourth-order valence-corrected chi connectivity index (χ4v) is 5.33. The molecule has 0 bridgehead atoms. The van der Waals surface area contributed by atoms with Crippen LogP contribution in [-0.4, -0.2) is 9.55 Å². The summed E-state index contributed by atoms with van der Waals surface area (Å²) in [7, 11) is 0. The molecule has 2 aromatic rings. The minimum Gasteiger partial charge on any atom is -0.335 e. The molecule has 0 radical (unpaired) electrons. The first kappa shape index (κ1) is 30.7. The number of hydrogen-bond acceptors (Lipinski definition) is 1. The molecule has 36 heavy (non-hydrogen) atoms. The topological polar surface area (TPSA) is 17.8 Å². The van der Waals surface area contributed by atoms with Crippen LogP contribution in [0.5, 0.6) is 0 Å². The van der Waals surface area contributed by atoms with Crippen LogP contribution in [0.2, 0.25) is 0 Å². The molecule has 2 nitrogen and oxygen atoms in total. The number of rotatable bonds is 24. The minimum absolute atomic E-state index is 1.10. The van der Waals surface area contributed by atoms with Crippen LogP contribution in [0, 0.1) is 0 Å². The van der Waals surface area contributed by atoms with Crippen molar-refractivity contribution < 1.29 is 0 Å². The van der Waals surface area contributed by atoms with Gasteiger partial charge in [-0.25, -0.2) is 4.98 Å². The monoisotopic (exact) mass is 494 g/mol. The number of benzene rings is 1. The van der Waals surface area contributed by atoms with Gasteiger partial charge in [0.1, 0.15) is 5.82 Å². The second-order valence-corrected chi connectivity index (χ2v) is 11.1. The Morgan fingerprint density at radius 2 is 1.06 bits per heavy atom. The van der Waals surface area contributed by atoms with Crippen LogP contribution in [0.1, 0.15) is 153 Å². The van der Waals surface area contributed by atoms with E-state index in [2.05, 4.69) is 54.9 Å². The zero-order chi connectivity index (χ0) is 25.5. The van der Waals surface area contributed by atoms with Gasteiger partial charge < -0.3 is 4.57 Å². The molecule has 0 saturated carbocycles. The Kier molecular flexibility index (Phi) is 18.3. The lowest BCUT2D eigenvalue weighted by Crippen LogP contribution is -2.03. The Morgan fingerprint density at radius 3 is 1.64 bits per heavy atom. The van der Waals surface area contributed by atoms with E-state index in [-0.39, 0.29) is 0 Å². The molecule has 0 aliphatic carbocycles. The van der Waals surface area contributed by atoms with E-state index in [4.69, 9.17) is 4.98 Å². The van der Waals surface area contributed by atoms with E-state index < -0.39 is 0 Å². The van der Waals surface area contributed by atoms with Gasteiger partial charge in [0, 0.05) is 19.2 Å². The van der Waals surface area contributed by atoms with Gasteiger partial charge in [0.2, 0.25) is 0 Å². The molecule has 0 atom stereocenters. The van der Waals surface area contributed by atoms with Crippen molar-refractivity contribution in [3.8, 4) is 0 Å². The van der Waals surface area contributed by atoms with E-state index in [1.807, 2.05) is 0 Å². The average molecular weight is 495 g/mol. The number of hydrogen-bond donors (Lipinski definition) is 0. The van der Waals surface area contributed by atoms with Gasteiger partial charge in [-0.05, 0) is 37.7 Å². The van der Waals surface area contributed by atoms with Gasteiger partial charge >= 0.3 is 0 Å². The molecule has 0 aliphatic heterocycles. The van der Waals surface area contributed by atoms with Crippen LogP contribution >= 0.6 is 0 Å². The molecule has 204 valence electrons. The first-order valence-corrected chi connectivity index (χ1v) is 15.9. The highest BCUT2D eigenvalue weighted by molar-refractivity contribution is 5.15. The summed E-state index contributed by atoms with van der Waals surface area (Å²) in [5.74, 6) is 1.34.